The van der Waals surface area contributed by atoms with Gasteiger partial charge in [0.15, 0.2) is 0 Å². The monoisotopic (exact) mass is 480 g/mol. The molecule has 0 aromatic rings. The Balaban J connectivity index is 2.63. The van der Waals surface area contributed by atoms with Crippen molar-refractivity contribution in [2.45, 2.75) is 0 Å². The molecule has 1 aliphatic rings. The quantitative estimate of drug-likeness (QED) is 0.353. The molecule has 18 heavy (non-hydrogen) atoms. The van der Waals surface area contributed by atoms with Crippen LogP contribution in [-0.4, -0.2) is 51.6 Å². The summed E-state index contributed by atoms with van der Waals surface area (Å²) in [7, 11) is -15.0. The van der Waals surface area contributed by atoms with Gasteiger partial charge in [0, 0.05) is 0 Å². The zero-order valence-electron chi connectivity index (χ0n) is 8.34. The normalized spacial score (nSPS) is 33.0. The smallest absolute Gasteiger partial charge is 0.397 e. The lowest BCUT2D eigenvalue weighted by molar-refractivity contribution is 0.325. The summed E-state index contributed by atoms with van der Waals surface area (Å²) in [6.07, 6.45) is 0. The summed E-state index contributed by atoms with van der Waals surface area (Å²) in [5.74, 6) is 0. The largest absolute Gasteiger partial charge is 0.532 e. The van der Waals surface area contributed by atoms with Gasteiger partial charge < -0.3 is 24.7 Å². The van der Waals surface area contributed by atoms with Crippen LogP contribution in [0.15, 0.2) is 0 Å². The standard InChI is InChI=1S/Cl6H6O6Si6/c1-16(2)7-13-9-17(3,4)11-15-12-18(5,6)10-14-8-16/h13-15H2. The van der Waals surface area contributed by atoms with E-state index < -0.39 is 51.6 Å². The van der Waals surface area contributed by atoms with E-state index in [1.54, 1.807) is 0 Å². The van der Waals surface area contributed by atoms with Gasteiger partial charge in [-0.15, -0.1) is 0 Å². The molecule has 0 saturated carbocycles. The van der Waals surface area contributed by atoms with Gasteiger partial charge in [-0.2, -0.15) is 0 Å². The lowest BCUT2D eigenvalue weighted by Crippen LogP contribution is -2.44. The third-order valence-corrected chi connectivity index (χ3v) is 24.0. The minimum atomic E-state index is -3.36. The lowest BCUT2D eigenvalue weighted by Gasteiger charge is -2.25. The molecule has 6 nitrogen and oxygen atoms in total. The Labute approximate surface area is 141 Å². The topological polar surface area (TPSA) is 55.4 Å². The predicted octanol–water partition coefficient (Wildman–Crippen LogP) is -0.164. The van der Waals surface area contributed by atoms with Crippen LogP contribution in [0.5, 0.6) is 0 Å². The second kappa shape index (κ2) is 7.88. The molecule has 18 heteroatoms. The third-order valence-electron chi connectivity index (χ3n) is 1.36. The van der Waals surface area contributed by atoms with E-state index in [1.807, 2.05) is 0 Å². The minimum absolute atomic E-state index is 1.62. The average Bonchev–Trinajstić information content (AvgIpc) is 2.13. The van der Waals surface area contributed by atoms with Crippen molar-refractivity contribution in [1.29, 1.82) is 0 Å². The van der Waals surface area contributed by atoms with Gasteiger partial charge >= 0.3 is 21.5 Å². The molecular formula is H6Cl6O6Si6. The summed E-state index contributed by atoms with van der Waals surface area (Å²) >= 11 is 34.9. The summed E-state index contributed by atoms with van der Waals surface area (Å²) < 4.78 is 30.7. The van der Waals surface area contributed by atoms with E-state index in [1.165, 1.54) is 0 Å². The molecule has 0 unspecified atom stereocenters. The molecule has 0 radical (unpaired) electrons. The molecule has 0 amide bonds. The van der Waals surface area contributed by atoms with Gasteiger partial charge in [-0.05, 0) is 0 Å². The van der Waals surface area contributed by atoms with Gasteiger partial charge in [0.05, 0.1) is 0 Å². The molecule has 0 spiro atoms. The molecule has 0 aromatic heterocycles. The molecule has 1 rings (SSSR count). The van der Waals surface area contributed by atoms with Gasteiger partial charge in [0.2, 0.25) is 0 Å². The van der Waals surface area contributed by atoms with Gasteiger partial charge in [0.25, 0.3) is 30.0 Å². The minimum Gasteiger partial charge on any atom is -0.397 e. The van der Waals surface area contributed by atoms with Crippen LogP contribution in [0, 0.1) is 0 Å². The van der Waals surface area contributed by atoms with Crippen molar-refractivity contribution in [2.24, 2.45) is 0 Å². The van der Waals surface area contributed by atoms with Crippen LogP contribution < -0.4 is 0 Å². The first kappa shape index (κ1) is 18.8. The van der Waals surface area contributed by atoms with Crippen molar-refractivity contribution in [3.63, 3.8) is 0 Å². The fourth-order valence-electron chi connectivity index (χ4n) is 0.625. The zero-order valence-corrected chi connectivity index (χ0v) is 20.1. The summed E-state index contributed by atoms with van der Waals surface area (Å²) in [4.78, 5) is 0. The Kier molecular flexibility index (Phi) is 8.25. The maximum atomic E-state index is 5.81. The number of hydrogen-bond acceptors (Lipinski definition) is 6. The zero-order chi connectivity index (χ0) is 13.9. The molecule has 1 aliphatic heterocycles. The Morgan fingerprint density at radius 1 is 0.444 bits per heavy atom. The van der Waals surface area contributed by atoms with E-state index in [9.17, 15) is 0 Å². The van der Waals surface area contributed by atoms with Gasteiger partial charge in [-0.3, -0.25) is 0 Å². The highest BCUT2D eigenvalue weighted by Gasteiger charge is 2.42. The van der Waals surface area contributed by atoms with E-state index in [-0.39, 0.29) is 0 Å². The first-order valence-corrected chi connectivity index (χ1v) is 19.1. The van der Waals surface area contributed by atoms with Crippen LogP contribution in [0.2, 0.25) is 0 Å². The first-order valence-electron chi connectivity index (χ1n) is 4.09. The summed E-state index contributed by atoms with van der Waals surface area (Å²) in [5.41, 5.74) is 0. The fraction of sp³-hybridized carbons (Fsp3) is 0. The number of hydrogen-bond donors (Lipinski definition) is 0. The van der Waals surface area contributed by atoms with Crippen molar-refractivity contribution in [2.75, 3.05) is 0 Å². The van der Waals surface area contributed by atoms with Crippen LogP contribution in [0.1, 0.15) is 0 Å². The van der Waals surface area contributed by atoms with E-state index in [0.29, 0.717) is 0 Å². The van der Waals surface area contributed by atoms with Crippen molar-refractivity contribution < 1.29 is 24.7 Å². The molecule has 108 valence electrons. The number of halogens is 6. The molecule has 0 bridgehead atoms. The fourth-order valence-corrected chi connectivity index (χ4v) is 14.3. The summed E-state index contributed by atoms with van der Waals surface area (Å²) in [6, 6.07) is 0. The Morgan fingerprint density at radius 3 is 0.778 bits per heavy atom. The van der Waals surface area contributed by atoms with Crippen molar-refractivity contribution in [1.82, 2.24) is 0 Å². The molecular weight excluding hydrogens is 477 g/mol. The van der Waals surface area contributed by atoms with Crippen LogP contribution in [0.3, 0.4) is 0 Å². The molecule has 1 saturated heterocycles. The van der Waals surface area contributed by atoms with Crippen molar-refractivity contribution >= 4 is 118 Å². The molecule has 1 fully saturated rings. The highest BCUT2D eigenvalue weighted by atomic mass is 35.7. The highest BCUT2D eigenvalue weighted by Crippen LogP contribution is 2.24. The molecule has 0 aromatic carbocycles. The van der Waals surface area contributed by atoms with Crippen molar-refractivity contribution in [3.8, 4) is 0 Å². The average molecular weight is 483 g/mol. The van der Waals surface area contributed by atoms with Gasteiger partial charge in [-0.25, -0.2) is 0 Å². The maximum Gasteiger partial charge on any atom is 0.532 e. The summed E-state index contributed by atoms with van der Waals surface area (Å²) in [6.45, 7) is 0. The Morgan fingerprint density at radius 2 is 0.611 bits per heavy atom. The lowest BCUT2D eigenvalue weighted by atomic mass is 15.7. The van der Waals surface area contributed by atoms with E-state index in [2.05, 4.69) is 0 Å². The molecule has 0 aliphatic carbocycles. The van der Waals surface area contributed by atoms with Crippen LogP contribution >= 0.6 is 66.5 Å². The summed E-state index contributed by atoms with van der Waals surface area (Å²) in [5, 5.41) is 0. The molecule has 1 heterocycles. The second-order valence-corrected chi connectivity index (χ2v) is 23.7. The molecule has 0 N–H and O–H groups in total. The Bertz CT molecular complexity index is 212. The molecule has 0 atom stereocenters. The van der Waals surface area contributed by atoms with E-state index in [0.717, 1.165) is 0 Å². The first-order chi connectivity index (χ1) is 8.12. The van der Waals surface area contributed by atoms with Crippen LogP contribution in [0.4, 0.5) is 0 Å². The Hall–Kier alpha value is 2.80. The van der Waals surface area contributed by atoms with Crippen LogP contribution in [-0.2, 0) is 24.7 Å². The maximum absolute atomic E-state index is 5.81. The predicted molar refractivity (Wildman–Crippen MR) is 84.5 cm³/mol. The van der Waals surface area contributed by atoms with Crippen molar-refractivity contribution in [3.05, 3.63) is 0 Å². The SMILES string of the molecule is Cl[Si]1(Cl)O[SiH2]O[Si](Cl)(Cl)O[SiH2]O[Si](Cl)(Cl)O[SiH2]O1. The van der Waals surface area contributed by atoms with Gasteiger partial charge in [-0.1, -0.05) is 66.5 Å². The highest BCUT2D eigenvalue weighted by molar-refractivity contribution is 7.43. The second-order valence-electron chi connectivity index (χ2n) is 2.61. The van der Waals surface area contributed by atoms with Crippen LogP contribution in [0.25, 0.3) is 0 Å². The van der Waals surface area contributed by atoms with Gasteiger partial charge in [0.1, 0.15) is 0 Å². The van der Waals surface area contributed by atoms with E-state index >= 15 is 0 Å². The third kappa shape index (κ3) is 8.29. The van der Waals surface area contributed by atoms with E-state index in [4.69, 9.17) is 91.2 Å². The number of rotatable bonds is 0.